The molecule has 12 heteroatoms. The molecule has 0 unspecified atom stereocenters. The Morgan fingerprint density at radius 1 is 1.02 bits per heavy atom. The number of ether oxygens (including phenoxy) is 1. The number of hydrogen-bond acceptors (Lipinski definition) is 8. The van der Waals surface area contributed by atoms with E-state index in [4.69, 9.17) is 9.72 Å². The summed E-state index contributed by atoms with van der Waals surface area (Å²) in [6.45, 7) is 3.82. The van der Waals surface area contributed by atoms with E-state index in [0.717, 1.165) is 56.5 Å². The lowest BCUT2D eigenvalue weighted by atomic mass is 9.62. The molecule has 5 heterocycles. The van der Waals surface area contributed by atoms with Gasteiger partial charge in [-0.3, -0.25) is 14.5 Å². The largest absolute Gasteiger partial charge is 0.381 e. The maximum atomic E-state index is 15.7. The molecule has 234 valence electrons. The van der Waals surface area contributed by atoms with E-state index in [9.17, 15) is 13.2 Å². The molecular weight excluding hydrogens is 583 g/mol. The topological polar surface area (TPSA) is 108 Å². The second-order valence-electron chi connectivity index (χ2n) is 12.9. The smallest absolute Gasteiger partial charge is 0.237 e. The van der Waals surface area contributed by atoms with Gasteiger partial charge in [-0.25, -0.2) is 17.8 Å². The van der Waals surface area contributed by atoms with Crippen LogP contribution in [0.4, 0.5) is 21.6 Å². The number of carbonyl (C=O) groups excluding carboxylic acids is 1. The first-order valence-electron chi connectivity index (χ1n) is 15.5. The van der Waals surface area contributed by atoms with Crippen molar-refractivity contribution in [1.82, 2.24) is 14.9 Å². The monoisotopic (exact) mass is 622 g/mol. The van der Waals surface area contributed by atoms with Crippen LogP contribution in [-0.2, 0) is 25.0 Å². The second-order valence-corrected chi connectivity index (χ2v) is 14.6. The number of halogens is 1. The summed E-state index contributed by atoms with van der Waals surface area (Å²) in [5.41, 5.74) is 2.33. The zero-order valence-electron chi connectivity index (χ0n) is 25.5. The Morgan fingerprint density at radius 2 is 1.75 bits per heavy atom. The number of likely N-dealkylation sites (N-methyl/N-ethyl adjacent to an activating group) is 1. The number of carbonyl (C=O) groups is 1. The Bertz CT molecular complexity index is 1730. The number of piperidine rings is 2. The van der Waals surface area contributed by atoms with Crippen molar-refractivity contribution in [1.29, 1.82) is 0 Å². The summed E-state index contributed by atoms with van der Waals surface area (Å²) in [5, 5.41) is 0.702. The standard InChI is InChI=1S/C32H39FN6O4S/c1-37-28-19-34-26-15-25(33)23(14-24(26)29(28)32(31(37)40)16-22(17-32)43-2)20-13-27(36-44(3,41)42)30(35-18-20)39-11-7-21(8-12-39)38-9-5-4-6-10-38/h13-15,18-19,21-22,36H,4-12,16-17H2,1-3H3/t22-,32-. The fourth-order valence-electron chi connectivity index (χ4n) is 7.84. The van der Waals surface area contributed by atoms with Gasteiger partial charge in [-0.15, -0.1) is 0 Å². The van der Waals surface area contributed by atoms with Gasteiger partial charge in [0.25, 0.3) is 0 Å². The lowest BCUT2D eigenvalue weighted by molar-refractivity contribution is -0.131. The van der Waals surface area contributed by atoms with Crippen molar-refractivity contribution >= 4 is 44.0 Å². The van der Waals surface area contributed by atoms with Crippen molar-refractivity contribution < 1.29 is 22.3 Å². The van der Waals surface area contributed by atoms with Crippen LogP contribution in [0.2, 0.25) is 0 Å². The van der Waals surface area contributed by atoms with Gasteiger partial charge in [-0.05, 0) is 63.7 Å². The Balaban J connectivity index is 1.26. The van der Waals surface area contributed by atoms with E-state index < -0.39 is 21.3 Å². The number of anilines is 3. The van der Waals surface area contributed by atoms with Gasteiger partial charge in [0.05, 0.1) is 40.9 Å². The fraction of sp³-hybridized carbons (Fsp3) is 0.531. The summed E-state index contributed by atoms with van der Waals surface area (Å²) in [7, 11) is -0.239. The Kier molecular flexibility index (Phi) is 7.29. The molecule has 2 aromatic heterocycles. The van der Waals surface area contributed by atoms with Crippen molar-refractivity contribution in [3.8, 4) is 11.1 Å². The van der Waals surface area contributed by atoms with Crippen LogP contribution in [0.1, 0.15) is 50.5 Å². The van der Waals surface area contributed by atoms with Crippen molar-refractivity contribution in [2.24, 2.45) is 0 Å². The van der Waals surface area contributed by atoms with Crippen molar-refractivity contribution in [2.45, 2.75) is 62.5 Å². The molecule has 3 aromatic rings. The van der Waals surface area contributed by atoms with Crippen LogP contribution in [0.5, 0.6) is 0 Å². The molecule has 0 bridgehead atoms. The highest BCUT2D eigenvalue weighted by atomic mass is 32.2. The number of hydrogen-bond donors (Lipinski definition) is 1. The van der Waals surface area contributed by atoms with Gasteiger partial charge in [0, 0.05) is 67.6 Å². The number of likely N-dealkylation sites (tertiary alicyclic amines) is 1. The van der Waals surface area contributed by atoms with Gasteiger partial charge in [-0.1, -0.05) is 6.42 Å². The minimum absolute atomic E-state index is 0.00399. The third-order valence-corrected chi connectivity index (χ3v) is 10.7. The average Bonchev–Trinajstić information content (AvgIpc) is 3.22. The number of pyridine rings is 2. The predicted molar refractivity (Wildman–Crippen MR) is 169 cm³/mol. The Labute approximate surface area is 257 Å². The van der Waals surface area contributed by atoms with Gasteiger partial charge in [-0.2, -0.15) is 0 Å². The van der Waals surface area contributed by atoms with E-state index in [0.29, 0.717) is 46.9 Å². The highest BCUT2D eigenvalue weighted by Gasteiger charge is 2.58. The highest BCUT2D eigenvalue weighted by Crippen LogP contribution is 2.56. The summed E-state index contributed by atoms with van der Waals surface area (Å²) < 4.78 is 48.8. The van der Waals surface area contributed by atoms with Crippen molar-refractivity contribution in [3.63, 3.8) is 0 Å². The van der Waals surface area contributed by atoms with Crippen molar-refractivity contribution in [2.75, 3.05) is 61.1 Å². The number of methoxy groups -OCH3 is 1. The third kappa shape index (κ3) is 4.91. The van der Waals surface area contributed by atoms with Gasteiger partial charge in [0.1, 0.15) is 5.82 Å². The van der Waals surface area contributed by atoms with E-state index in [1.807, 2.05) is 0 Å². The lowest BCUT2D eigenvalue weighted by Crippen LogP contribution is -2.51. The molecule has 2 saturated heterocycles. The maximum Gasteiger partial charge on any atom is 0.237 e. The van der Waals surface area contributed by atoms with Gasteiger partial charge >= 0.3 is 0 Å². The van der Waals surface area contributed by atoms with Crippen LogP contribution in [-0.4, -0.2) is 87.9 Å². The van der Waals surface area contributed by atoms with E-state index in [-0.39, 0.29) is 17.6 Å². The average molecular weight is 623 g/mol. The highest BCUT2D eigenvalue weighted by molar-refractivity contribution is 7.92. The van der Waals surface area contributed by atoms with Crippen LogP contribution >= 0.6 is 0 Å². The number of nitrogens with one attached hydrogen (secondary N) is 1. The fourth-order valence-corrected chi connectivity index (χ4v) is 8.39. The second kappa shape index (κ2) is 10.9. The summed E-state index contributed by atoms with van der Waals surface area (Å²) >= 11 is 0. The van der Waals surface area contributed by atoms with Crippen LogP contribution in [0.25, 0.3) is 22.0 Å². The normalized spacial score (nSPS) is 24.6. The third-order valence-electron chi connectivity index (χ3n) is 10.1. The number of sulfonamides is 1. The molecule has 1 amide bonds. The summed E-state index contributed by atoms with van der Waals surface area (Å²) in [4.78, 5) is 29.0. The first kappa shape index (κ1) is 29.4. The van der Waals surface area contributed by atoms with Crippen LogP contribution < -0.4 is 14.5 Å². The van der Waals surface area contributed by atoms with Gasteiger partial charge in [0.15, 0.2) is 5.82 Å². The maximum absolute atomic E-state index is 15.7. The molecular formula is C32H39FN6O4S. The number of aromatic nitrogens is 2. The van der Waals surface area contributed by atoms with E-state index in [2.05, 4.69) is 19.5 Å². The van der Waals surface area contributed by atoms with E-state index in [1.165, 1.54) is 25.3 Å². The minimum atomic E-state index is -3.63. The number of rotatable bonds is 6. The molecule has 1 aliphatic carbocycles. The summed E-state index contributed by atoms with van der Waals surface area (Å²) in [6, 6.07) is 5.31. The first-order valence-corrected chi connectivity index (χ1v) is 17.4. The van der Waals surface area contributed by atoms with Crippen LogP contribution in [0.3, 0.4) is 0 Å². The summed E-state index contributed by atoms with van der Waals surface area (Å²) in [6.07, 6.45) is 11.2. The molecule has 1 saturated carbocycles. The molecule has 44 heavy (non-hydrogen) atoms. The molecule has 0 atom stereocenters. The molecule has 3 fully saturated rings. The molecule has 1 N–H and O–H groups in total. The minimum Gasteiger partial charge on any atom is -0.381 e. The zero-order chi connectivity index (χ0) is 30.8. The van der Waals surface area contributed by atoms with Gasteiger partial charge < -0.3 is 19.4 Å². The van der Waals surface area contributed by atoms with Gasteiger partial charge in [0.2, 0.25) is 15.9 Å². The number of amides is 1. The first-order chi connectivity index (χ1) is 21.1. The lowest BCUT2D eigenvalue weighted by Gasteiger charge is -2.43. The van der Waals surface area contributed by atoms with E-state index >= 15 is 4.39 Å². The van der Waals surface area contributed by atoms with Crippen LogP contribution in [0, 0.1) is 5.82 Å². The molecule has 3 aliphatic heterocycles. The predicted octanol–water partition coefficient (Wildman–Crippen LogP) is 4.29. The summed E-state index contributed by atoms with van der Waals surface area (Å²) in [5.74, 6) is 0.0456. The molecule has 4 aliphatic rings. The Hall–Kier alpha value is -3.35. The number of fused-ring (bicyclic) bond motifs is 4. The van der Waals surface area contributed by atoms with Crippen LogP contribution in [0.15, 0.2) is 30.6 Å². The molecule has 0 radical (unpaired) electrons. The Morgan fingerprint density at radius 3 is 2.43 bits per heavy atom. The van der Waals surface area contributed by atoms with E-state index in [1.54, 1.807) is 43.6 Å². The van der Waals surface area contributed by atoms with Crippen molar-refractivity contribution in [3.05, 3.63) is 42.0 Å². The molecule has 7 rings (SSSR count). The zero-order valence-corrected chi connectivity index (χ0v) is 26.3. The molecule has 10 nitrogen and oxygen atoms in total. The number of nitrogens with zero attached hydrogens (tertiary/aromatic N) is 5. The SMILES string of the molecule is CO[C@H]1C[C@@]2(C1)C(=O)N(C)c1cnc3cc(F)c(-c4cnc(N5CCC(N6CCCCC6)CC5)c(NS(C)(=O)=O)c4)cc3c12. The molecule has 1 spiro atoms. The quantitative estimate of drug-likeness (QED) is 0.434. The number of benzene rings is 1. The molecule has 1 aromatic carbocycles.